The molecule has 0 radical (unpaired) electrons. The Hall–Kier alpha value is -3.39. The maximum Gasteiger partial charge on any atom is 0.411 e. The SMILES string of the molecule is C=CCOC(=O)N1[C@H](C(=O)OCC)[C@@H](C(C)(C)C)[C@H](OCc2cc(C3CCC3)cnc2OC)[C@@H]1c1ccccc1C(C)C. The molecule has 1 aliphatic carbocycles. The molecule has 0 N–H and O–H groups in total. The first-order chi connectivity index (χ1) is 20.5. The number of esters is 1. The molecule has 8 heteroatoms. The summed E-state index contributed by atoms with van der Waals surface area (Å²) in [4.78, 5) is 33.9. The van der Waals surface area contributed by atoms with Gasteiger partial charge in [0.1, 0.15) is 12.6 Å². The fraction of sp³-hybridized carbons (Fsp3) is 0.571. The third-order valence-electron chi connectivity index (χ3n) is 8.75. The third kappa shape index (κ3) is 6.90. The van der Waals surface area contributed by atoms with E-state index in [0.29, 0.717) is 11.8 Å². The zero-order chi connectivity index (χ0) is 31.3. The average Bonchev–Trinajstić information content (AvgIpc) is 3.30. The van der Waals surface area contributed by atoms with Gasteiger partial charge < -0.3 is 18.9 Å². The molecule has 4 rings (SSSR count). The Balaban J connectivity index is 1.87. The van der Waals surface area contributed by atoms with Crippen molar-refractivity contribution in [2.45, 2.75) is 97.4 Å². The highest BCUT2D eigenvalue weighted by Gasteiger charge is 2.60. The summed E-state index contributed by atoms with van der Waals surface area (Å²) in [7, 11) is 1.61. The van der Waals surface area contributed by atoms with Crippen molar-refractivity contribution in [3.05, 3.63) is 71.4 Å². The van der Waals surface area contributed by atoms with E-state index in [-0.39, 0.29) is 25.7 Å². The molecule has 2 heterocycles. The van der Waals surface area contributed by atoms with Crippen molar-refractivity contribution in [2.75, 3.05) is 20.3 Å². The molecule has 1 amide bonds. The van der Waals surface area contributed by atoms with Crippen LogP contribution in [0.3, 0.4) is 0 Å². The number of methoxy groups -OCH3 is 1. The van der Waals surface area contributed by atoms with Crippen molar-refractivity contribution in [2.24, 2.45) is 11.3 Å². The first-order valence-corrected chi connectivity index (χ1v) is 15.5. The molecule has 0 unspecified atom stereocenters. The van der Waals surface area contributed by atoms with Crippen molar-refractivity contribution >= 4 is 12.1 Å². The van der Waals surface area contributed by atoms with Gasteiger partial charge in [0.25, 0.3) is 0 Å². The van der Waals surface area contributed by atoms with E-state index >= 15 is 0 Å². The molecular weight excluding hydrogens is 544 g/mol. The van der Waals surface area contributed by atoms with Crippen molar-refractivity contribution in [3.8, 4) is 5.88 Å². The second-order valence-corrected chi connectivity index (χ2v) is 12.9. The zero-order valence-electron chi connectivity index (χ0n) is 26.8. The summed E-state index contributed by atoms with van der Waals surface area (Å²) in [5.74, 6) is 0.293. The largest absolute Gasteiger partial charge is 0.481 e. The van der Waals surface area contributed by atoms with Gasteiger partial charge in [-0.05, 0) is 59.8 Å². The predicted octanol–water partition coefficient (Wildman–Crippen LogP) is 7.34. The minimum Gasteiger partial charge on any atom is -0.481 e. The lowest BCUT2D eigenvalue weighted by molar-refractivity contribution is -0.151. The van der Waals surface area contributed by atoms with Crippen LogP contribution in [0.15, 0.2) is 49.2 Å². The Morgan fingerprint density at radius 3 is 2.47 bits per heavy atom. The number of benzene rings is 1. The van der Waals surface area contributed by atoms with Crippen LogP contribution in [0.2, 0.25) is 0 Å². The number of aromatic nitrogens is 1. The highest BCUT2D eigenvalue weighted by molar-refractivity contribution is 5.83. The molecular formula is C35H48N2O6. The molecule has 8 nitrogen and oxygen atoms in total. The first-order valence-electron chi connectivity index (χ1n) is 15.5. The number of nitrogens with zero attached hydrogens (tertiary/aromatic N) is 2. The van der Waals surface area contributed by atoms with Gasteiger partial charge in [-0.3, -0.25) is 4.90 Å². The number of rotatable bonds is 11. The summed E-state index contributed by atoms with van der Waals surface area (Å²) in [6.45, 7) is 16.4. The standard InChI is InChI=1S/C35H48N2O6/c1-9-18-42-34(39)37-29(27-17-12-11-16-26(27)22(3)4)31(28(35(5,6)7)30(37)33(38)41-10-2)43-21-25-19-24(23-14-13-15-23)20-36-32(25)40-8/h9,11-12,16-17,19-20,22-23,28-31H,1,10,13-15,18,21H2,2-8H3/t28-,29+,30+,31+/m1/s1. The predicted molar refractivity (Wildman–Crippen MR) is 166 cm³/mol. The summed E-state index contributed by atoms with van der Waals surface area (Å²) < 4.78 is 23.8. The van der Waals surface area contributed by atoms with E-state index in [1.165, 1.54) is 18.1 Å². The van der Waals surface area contributed by atoms with Crippen LogP contribution >= 0.6 is 0 Å². The number of pyridine rings is 1. The maximum absolute atomic E-state index is 13.9. The smallest absolute Gasteiger partial charge is 0.411 e. The summed E-state index contributed by atoms with van der Waals surface area (Å²) >= 11 is 0. The van der Waals surface area contributed by atoms with Gasteiger partial charge in [-0.2, -0.15) is 0 Å². The summed E-state index contributed by atoms with van der Waals surface area (Å²) in [5.41, 5.74) is 3.58. The molecule has 234 valence electrons. The molecule has 1 saturated carbocycles. The Morgan fingerprint density at radius 2 is 1.88 bits per heavy atom. The normalized spacial score (nSPS) is 22.3. The topological polar surface area (TPSA) is 87.2 Å². The molecule has 0 bridgehead atoms. The van der Waals surface area contributed by atoms with Crippen LogP contribution in [0.25, 0.3) is 0 Å². The molecule has 4 atom stereocenters. The summed E-state index contributed by atoms with van der Waals surface area (Å²) in [6.07, 6.45) is 5.78. The molecule has 2 fully saturated rings. The van der Waals surface area contributed by atoms with Gasteiger partial charge in [-0.1, -0.05) is 78.0 Å². The molecule has 1 aromatic heterocycles. The van der Waals surface area contributed by atoms with Crippen molar-refractivity contribution in [3.63, 3.8) is 0 Å². The summed E-state index contributed by atoms with van der Waals surface area (Å²) in [6, 6.07) is 8.66. The minimum atomic E-state index is -0.922. The van der Waals surface area contributed by atoms with Gasteiger partial charge in [-0.15, -0.1) is 0 Å². The molecule has 0 spiro atoms. The van der Waals surface area contributed by atoms with E-state index in [0.717, 1.165) is 29.5 Å². The Morgan fingerprint density at radius 1 is 1.16 bits per heavy atom. The number of likely N-dealkylation sites (tertiary alicyclic amines) is 1. The fourth-order valence-electron chi connectivity index (χ4n) is 6.55. The zero-order valence-corrected chi connectivity index (χ0v) is 26.8. The number of carbonyl (C=O) groups excluding carboxylic acids is 2. The van der Waals surface area contributed by atoms with E-state index in [4.69, 9.17) is 18.9 Å². The van der Waals surface area contributed by atoms with Crippen LogP contribution in [0.1, 0.15) is 101 Å². The molecule has 2 aliphatic rings. The van der Waals surface area contributed by atoms with Gasteiger partial charge in [0.2, 0.25) is 5.88 Å². The van der Waals surface area contributed by atoms with E-state index in [1.54, 1.807) is 18.9 Å². The highest BCUT2D eigenvalue weighted by Crippen LogP contribution is 2.51. The lowest BCUT2D eigenvalue weighted by atomic mass is 9.73. The number of ether oxygens (including phenoxy) is 4. The second kappa shape index (κ2) is 13.9. The highest BCUT2D eigenvalue weighted by atomic mass is 16.6. The number of hydrogen-bond acceptors (Lipinski definition) is 7. The van der Waals surface area contributed by atoms with Gasteiger partial charge in [0, 0.05) is 17.7 Å². The van der Waals surface area contributed by atoms with E-state index in [2.05, 4.69) is 58.3 Å². The third-order valence-corrected chi connectivity index (χ3v) is 8.75. The van der Waals surface area contributed by atoms with Crippen LogP contribution in [0.4, 0.5) is 4.79 Å². The van der Waals surface area contributed by atoms with E-state index < -0.39 is 41.6 Å². The van der Waals surface area contributed by atoms with Gasteiger partial charge >= 0.3 is 12.1 Å². The molecule has 1 aliphatic heterocycles. The van der Waals surface area contributed by atoms with Gasteiger partial charge in [0.15, 0.2) is 0 Å². The monoisotopic (exact) mass is 592 g/mol. The lowest BCUT2D eigenvalue weighted by Crippen LogP contribution is -2.48. The lowest BCUT2D eigenvalue weighted by Gasteiger charge is -2.35. The van der Waals surface area contributed by atoms with Crippen LogP contribution < -0.4 is 4.74 Å². The number of amides is 1. The van der Waals surface area contributed by atoms with E-state index in [9.17, 15) is 9.59 Å². The number of carbonyl (C=O) groups is 2. The van der Waals surface area contributed by atoms with Crippen molar-refractivity contribution < 1.29 is 28.5 Å². The Bertz CT molecular complexity index is 1280. The van der Waals surface area contributed by atoms with E-state index in [1.807, 2.05) is 24.4 Å². The van der Waals surface area contributed by atoms with Crippen LogP contribution in [-0.4, -0.2) is 54.4 Å². The molecule has 1 saturated heterocycles. The quantitative estimate of drug-likeness (QED) is 0.199. The van der Waals surface area contributed by atoms with Crippen molar-refractivity contribution in [1.82, 2.24) is 9.88 Å². The van der Waals surface area contributed by atoms with Crippen LogP contribution in [-0.2, 0) is 25.6 Å². The molecule has 43 heavy (non-hydrogen) atoms. The van der Waals surface area contributed by atoms with Gasteiger partial charge in [0.05, 0.1) is 32.5 Å². The maximum atomic E-state index is 13.9. The second-order valence-electron chi connectivity index (χ2n) is 12.9. The average molecular weight is 593 g/mol. The Labute approximate surface area is 256 Å². The van der Waals surface area contributed by atoms with Gasteiger partial charge in [-0.25, -0.2) is 14.6 Å². The molecule has 1 aromatic carbocycles. The Kier molecular flexibility index (Phi) is 10.5. The number of hydrogen-bond donors (Lipinski definition) is 0. The van der Waals surface area contributed by atoms with Crippen LogP contribution in [0, 0.1) is 11.3 Å². The fourth-order valence-corrected chi connectivity index (χ4v) is 6.55. The van der Waals surface area contributed by atoms with Crippen molar-refractivity contribution in [1.29, 1.82) is 0 Å². The first kappa shape index (κ1) is 32.5. The minimum absolute atomic E-state index is 0.0198. The molecule has 2 aromatic rings. The summed E-state index contributed by atoms with van der Waals surface area (Å²) in [5, 5.41) is 0. The van der Waals surface area contributed by atoms with Crippen LogP contribution in [0.5, 0.6) is 5.88 Å².